The molecule has 0 aliphatic carbocycles. The number of carbonyl (C=O) groups excluding carboxylic acids is 2. The van der Waals surface area contributed by atoms with Gasteiger partial charge in [0.05, 0.1) is 0 Å². The molecular weight excluding hydrogens is 314 g/mol. The van der Waals surface area contributed by atoms with Gasteiger partial charge in [0.1, 0.15) is 6.04 Å². The summed E-state index contributed by atoms with van der Waals surface area (Å²) in [5.41, 5.74) is 1.13. The fourth-order valence-electron chi connectivity index (χ4n) is 3.45. The van der Waals surface area contributed by atoms with E-state index in [4.69, 9.17) is 11.6 Å². The summed E-state index contributed by atoms with van der Waals surface area (Å²) in [6, 6.07) is 7.53. The average molecular weight is 336 g/mol. The number of anilines is 1. The van der Waals surface area contributed by atoms with Gasteiger partial charge < -0.3 is 14.7 Å². The maximum atomic E-state index is 12.7. The molecule has 2 heterocycles. The van der Waals surface area contributed by atoms with E-state index in [1.54, 1.807) is 11.8 Å². The van der Waals surface area contributed by atoms with Gasteiger partial charge >= 0.3 is 0 Å². The lowest BCUT2D eigenvalue weighted by Gasteiger charge is -2.38. The molecule has 0 saturated carbocycles. The Morgan fingerprint density at radius 3 is 2.30 bits per heavy atom. The highest BCUT2D eigenvalue weighted by molar-refractivity contribution is 6.30. The van der Waals surface area contributed by atoms with E-state index < -0.39 is 0 Å². The minimum absolute atomic E-state index is 0.000602. The number of benzene rings is 1. The first kappa shape index (κ1) is 16.1. The van der Waals surface area contributed by atoms with Crippen LogP contribution in [0.5, 0.6) is 0 Å². The molecule has 124 valence electrons. The van der Waals surface area contributed by atoms with Crippen LogP contribution in [0.1, 0.15) is 19.8 Å². The van der Waals surface area contributed by atoms with Crippen LogP contribution in [-0.2, 0) is 9.59 Å². The summed E-state index contributed by atoms with van der Waals surface area (Å²) in [7, 11) is 0. The number of nitrogens with zero attached hydrogens (tertiary/aromatic N) is 3. The Bertz CT molecular complexity index is 582. The first-order valence-corrected chi connectivity index (χ1v) is 8.50. The Kier molecular flexibility index (Phi) is 4.76. The summed E-state index contributed by atoms with van der Waals surface area (Å²) in [5, 5.41) is 0.730. The molecule has 0 bridgehead atoms. The van der Waals surface area contributed by atoms with Crippen LogP contribution in [0.3, 0.4) is 0 Å². The quantitative estimate of drug-likeness (QED) is 0.830. The third-order valence-electron chi connectivity index (χ3n) is 4.73. The van der Waals surface area contributed by atoms with Crippen LogP contribution < -0.4 is 4.90 Å². The number of piperazine rings is 1. The second kappa shape index (κ2) is 6.79. The van der Waals surface area contributed by atoms with Crippen molar-refractivity contribution in [3.8, 4) is 0 Å². The normalized spacial score (nSPS) is 21.7. The molecule has 2 saturated heterocycles. The molecule has 23 heavy (non-hydrogen) atoms. The highest BCUT2D eigenvalue weighted by atomic mass is 35.5. The topological polar surface area (TPSA) is 43.9 Å². The average Bonchev–Trinajstić information content (AvgIpc) is 3.05. The van der Waals surface area contributed by atoms with E-state index >= 15 is 0 Å². The lowest BCUT2D eigenvalue weighted by molar-refractivity contribution is -0.143. The molecule has 2 aliphatic heterocycles. The van der Waals surface area contributed by atoms with Crippen molar-refractivity contribution in [2.75, 3.05) is 37.6 Å². The predicted molar refractivity (Wildman–Crippen MR) is 90.7 cm³/mol. The van der Waals surface area contributed by atoms with Crippen LogP contribution >= 0.6 is 11.6 Å². The van der Waals surface area contributed by atoms with Crippen LogP contribution in [0.15, 0.2) is 24.3 Å². The third kappa shape index (κ3) is 3.44. The zero-order chi connectivity index (χ0) is 16.4. The van der Waals surface area contributed by atoms with Crippen LogP contribution in [0.2, 0.25) is 5.02 Å². The first-order valence-electron chi connectivity index (χ1n) is 8.13. The highest BCUT2D eigenvalue weighted by Crippen LogP contribution is 2.22. The molecule has 0 spiro atoms. The zero-order valence-electron chi connectivity index (χ0n) is 13.4. The maximum Gasteiger partial charge on any atom is 0.245 e. The van der Waals surface area contributed by atoms with Crippen LogP contribution in [0.4, 0.5) is 5.69 Å². The Labute approximate surface area is 141 Å². The molecule has 2 fully saturated rings. The fourth-order valence-corrected chi connectivity index (χ4v) is 3.57. The smallest absolute Gasteiger partial charge is 0.245 e. The van der Waals surface area contributed by atoms with Crippen LogP contribution in [0, 0.1) is 0 Å². The summed E-state index contributed by atoms with van der Waals surface area (Å²) in [6.07, 6.45) is 1.70. The monoisotopic (exact) mass is 335 g/mol. The maximum absolute atomic E-state index is 12.7. The molecule has 1 aromatic rings. The van der Waals surface area contributed by atoms with Crippen molar-refractivity contribution in [1.29, 1.82) is 0 Å². The summed E-state index contributed by atoms with van der Waals surface area (Å²) < 4.78 is 0. The first-order chi connectivity index (χ1) is 11.1. The summed E-state index contributed by atoms with van der Waals surface area (Å²) in [6.45, 7) is 5.26. The van der Waals surface area contributed by atoms with E-state index in [1.165, 1.54) is 0 Å². The Morgan fingerprint density at radius 2 is 1.70 bits per heavy atom. The lowest BCUT2D eigenvalue weighted by Crippen LogP contribution is -2.54. The van der Waals surface area contributed by atoms with Gasteiger partial charge in [-0.25, -0.2) is 0 Å². The van der Waals surface area contributed by atoms with Crippen molar-refractivity contribution in [1.82, 2.24) is 9.80 Å². The number of hydrogen-bond acceptors (Lipinski definition) is 3. The van der Waals surface area contributed by atoms with Crippen molar-refractivity contribution in [2.24, 2.45) is 0 Å². The van der Waals surface area contributed by atoms with Crippen molar-refractivity contribution in [3.05, 3.63) is 29.3 Å². The molecule has 3 rings (SSSR count). The van der Waals surface area contributed by atoms with Gasteiger partial charge in [-0.05, 0) is 37.1 Å². The van der Waals surface area contributed by atoms with E-state index in [0.717, 1.165) is 36.6 Å². The molecule has 1 aromatic carbocycles. The summed E-state index contributed by atoms with van der Waals surface area (Å²) in [4.78, 5) is 30.2. The third-order valence-corrected chi connectivity index (χ3v) is 4.98. The van der Waals surface area contributed by atoms with Gasteiger partial charge in [0.25, 0.3) is 0 Å². The van der Waals surface area contributed by atoms with Crippen molar-refractivity contribution < 1.29 is 9.59 Å². The minimum Gasteiger partial charge on any atom is -0.368 e. The van der Waals surface area contributed by atoms with Gasteiger partial charge in [0.15, 0.2) is 0 Å². The standard InChI is InChI=1S/C17H22ClN3O2/c1-13(22)21-8-2-3-16(21)17(23)20-11-9-19(10-12-20)15-6-4-14(18)5-7-15/h4-7,16H,2-3,8-12H2,1H3. The molecule has 0 aromatic heterocycles. The van der Waals surface area contributed by atoms with E-state index in [0.29, 0.717) is 19.6 Å². The summed E-state index contributed by atoms with van der Waals surface area (Å²) in [5.74, 6) is 0.106. The molecule has 5 nitrogen and oxygen atoms in total. The largest absolute Gasteiger partial charge is 0.368 e. The second-order valence-electron chi connectivity index (χ2n) is 6.16. The highest BCUT2D eigenvalue weighted by Gasteiger charge is 2.36. The molecule has 0 N–H and O–H groups in total. The second-order valence-corrected chi connectivity index (χ2v) is 6.60. The number of likely N-dealkylation sites (tertiary alicyclic amines) is 1. The molecule has 2 amide bonds. The number of amides is 2. The van der Waals surface area contributed by atoms with Crippen LogP contribution in [0.25, 0.3) is 0 Å². The predicted octanol–water partition coefficient (Wildman–Crippen LogP) is 2.00. The van der Waals surface area contributed by atoms with E-state index in [1.807, 2.05) is 29.2 Å². The SMILES string of the molecule is CC(=O)N1CCCC1C(=O)N1CCN(c2ccc(Cl)cc2)CC1. The van der Waals surface area contributed by atoms with Crippen molar-refractivity contribution >= 4 is 29.1 Å². The minimum atomic E-state index is -0.255. The number of rotatable bonds is 2. The van der Waals surface area contributed by atoms with Gasteiger partial charge in [0, 0.05) is 50.4 Å². The number of carbonyl (C=O) groups is 2. The zero-order valence-corrected chi connectivity index (χ0v) is 14.1. The molecule has 6 heteroatoms. The van der Waals surface area contributed by atoms with Gasteiger partial charge in [-0.2, -0.15) is 0 Å². The molecule has 1 unspecified atom stereocenters. The number of halogens is 1. The van der Waals surface area contributed by atoms with E-state index in [9.17, 15) is 9.59 Å². The van der Waals surface area contributed by atoms with Gasteiger partial charge in [0.2, 0.25) is 11.8 Å². The van der Waals surface area contributed by atoms with Crippen molar-refractivity contribution in [2.45, 2.75) is 25.8 Å². The molecule has 0 radical (unpaired) electrons. The Hall–Kier alpha value is -1.75. The molecular formula is C17H22ClN3O2. The lowest BCUT2D eigenvalue weighted by atomic mass is 10.1. The van der Waals surface area contributed by atoms with Crippen molar-refractivity contribution in [3.63, 3.8) is 0 Å². The molecule has 1 atom stereocenters. The molecule has 2 aliphatic rings. The van der Waals surface area contributed by atoms with Gasteiger partial charge in [-0.1, -0.05) is 11.6 Å². The Balaban J connectivity index is 1.59. The van der Waals surface area contributed by atoms with Gasteiger partial charge in [-0.15, -0.1) is 0 Å². The van der Waals surface area contributed by atoms with E-state index in [-0.39, 0.29) is 17.9 Å². The number of hydrogen-bond donors (Lipinski definition) is 0. The fraction of sp³-hybridized carbons (Fsp3) is 0.529. The summed E-state index contributed by atoms with van der Waals surface area (Å²) >= 11 is 5.92. The van der Waals surface area contributed by atoms with Gasteiger partial charge in [-0.3, -0.25) is 9.59 Å². The van der Waals surface area contributed by atoms with E-state index in [2.05, 4.69) is 4.90 Å². The Morgan fingerprint density at radius 1 is 1.04 bits per heavy atom. The van der Waals surface area contributed by atoms with Crippen LogP contribution in [-0.4, -0.2) is 60.4 Å².